The molecule has 170 valence electrons. The van der Waals surface area contributed by atoms with E-state index in [2.05, 4.69) is 42.5 Å². The van der Waals surface area contributed by atoms with Crippen LogP contribution in [0, 0.1) is 13.8 Å². The number of aromatic nitrogens is 1. The summed E-state index contributed by atoms with van der Waals surface area (Å²) in [5.41, 5.74) is 6.63. The number of aromatic amines is 1. The number of aliphatic hydroxyl groups excluding tert-OH is 1. The van der Waals surface area contributed by atoms with Crippen molar-refractivity contribution in [2.24, 2.45) is 0 Å². The van der Waals surface area contributed by atoms with Crippen molar-refractivity contribution in [1.29, 1.82) is 0 Å². The molecule has 1 heterocycles. The zero-order valence-corrected chi connectivity index (χ0v) is 19.6. The molecule has 0 fully saturated rings. The first kappa shape index (κ1) is 22.8. The van der Waals surface area contributed by atoms with Crippen LogP contribution in [0.4, 0.5) is 0 Å². The van der Waals surface area contributed by atoms with Gasteiger partial charge in [0, 0.05) is 19.1 Å². The fourth-order valence-electron chi connectivity index (χ4n) is 3.84. The average molecular weight is 462 g/mol. The molecule has 0 spiro atoms. The lowest BCUT2D eigenvalue weighted by molar-refractivity contribution is 0.233. The Morgan fingerprint density at radius 3 is 2.30 bits per heavy atom. The van der Waals surface area contributed by atoms with Crippen molar-refractivity contribution in [3.63, 3.8) is 0 Å². The molecule has 0 aliphatic heterocycles. The maximum absolute atomic E-state index is 11.3. The van der Waals surface area contributed by atoms with Gasteiger partial charge in [0.1, 0.15) is 18.1 Å². The van der Waals surface area contributed by atoms with E-state index in [0.29, 0.717) is 19.6 Å². The lowest BCUT2D eigenvalue weighted by Crippen LogP contribution is -2.01. The number of nitrogens with one attached hydrogen (secondary N) is 1. The number of H-pyrrole nitrogens is 1. The summed E-state index contributed by atoms with van der Waals surface area (Å²) in [6.07, 6.45) is 0.623. The van der Waals surface area contributed by atoms with Crippen LogP contribution in [0.15, 0.2) is 71.5 Å². The maximum atomic E-state index is 11.3. The van der Waals surface area contributed by atoms with Crippen LogP contribution in [0.5, 0.6) is 11.5 Å². The smallest absolute Gasteiger partial charge is 0.258 e. The Hall–Kier alpha value is -3.35. The average Bonchev–Trinajstić information content (AvgIpc) is 3.24. The van der Waals surface area contributed by atoms with Crippen molar-refractivity contribution in [3.8, 4) is 33.1 Å². The molecular weight excluding hydrogens is 434 g/mol. The molecule has 0 saturated carbocycles. The molecule has 5 nitrogen and oxygen atoms in total. The Kier molecular flexibility index (Phi) is 7.27. The van der Waals surface area contributed by atoms with Gasteiger partial charge in [-0.25, -0.2) is 0 Å². The van der Waals surface area contributed by atoms with E-state index in [-0.39, 0.29) is 12.2 Å². The Morgan fingerprint density at radius 1 is 0.879 bits per heavy atom. The monoisotopic (exact) mass is 461 g/mol. The topological polar surface area (TPSA) is 71.5 Å². The van der Waals surface area contributed by atoms with E-state index in [4.69, 9.17) is 14.6 Å². The predicted molar refractivity (Wildman–Crippen MR) is 133 cm³/mol. The van der Waals surface area contributed by atoms with Crippen molar-refractivity contribution in [2.75, 3.05) is 13.2 Å². The second-order valence-electron chi connectivity index (χ2n) is 7.95. The van der Waals surface area contributed by atoms with Crippen molar-refractivity contribution in [3.05, 3.63) is 93.8 Å². The van der Waals surface area contributed by atoms with Crippen LogP contribution in [0.1, 0.15) is 23.1 Å². The number of hydrogen-bond donors (Lipinski definition) is 2. The highest BCUT2D eigenvalue weighted by Crippen LogP contribution is 2.32. The van der Waals surface area contributed by atoms with Gasteiger partial charge in [0.25, 0.3) is 5.56 Å². The molecule has 0 atom stereocenters. The van der Waals surface area contributed by atoms with Gasteiger partial charge in [-0.1, -0.05) is 29.7 Å². The summed E-state index contributed by atoms with van der Waals surface area (Å²) >= 11 is 1.33. The van der Waals surface area contributed by atoms with Crippen molar-refractivity contribution in [1.82, 2.24) is 4.37 Å². The summed E-state index contributed by atoms with van der Waals surface area (Å²) in [6.45, 7) is 5.28. The molecule has 0 aliphatic carbocycles. The van der Waals surface area contributed by atoms with Crippen LogP contribution >= 0.6 is 11.5 Å². The molecule has 0 amide bonds. The van der Waals surface area contributed by atoms with Crippen LogP contribution in [0.2, 0.25) is 0 Å². The van der Waals surface area contributed by atoms with Gasteiger partial charge in [-0.05, 0) is 89.7 Å². The van der Waals surface area contributed by atoms with E-state index in [9.17, 15) is 4.79 Å². The first-order valence-electron chi connectivity index (χ1n) is 10.9. The van der Waals surface area contributed by atoms with Crippen LogP contribution in [0.25, 0.3) is 21.6 Å². The Morgan fingerprint density at radius 2 is 1.64 bits per heavy atom. The summed E-state index contributed by atoms with van der Waals surface area (Å²) in [7, 11) is 0. The van der Waals surface area contributed by atoms with E-state index in [1.54, 1.807) is 6.07 Å². The van der Waals surface area contributed by atoms with Crippen molar-refractivity contribution in [2.45, 2.75) is 26.9 Å². The molecule has 4 aromatic rings. The van der Waals surface area contributed by atoms with Gasteiger partial charge in [-0.15, -0.1) is 0 Å². The highest BCUT2D eigenvalue weighted by atomic mass is 32.1. The number of rotatable bonds is 9. The third-order valence-corrected chi connectivity index (χ3v) is 6.24. The molecule has 0 bridgehead atoms. The Labute approximate surface area is 197 Å². The van der Waals surface area contributed by atoms with E-state index in [1.807, 2.05) is 36.4 Å². The first-order valence-corrected chi connectivity index (χ1v) is 11.7. The zero-order valence-electron chi connectivity index (χ0n) is 18.8. The Balaban J connectivity index is 1.45. The summed E-state index contributed by atoms with van der Waals surface area (Å²) < 4.78 is 14.5. The minimum Gasteiger partial charge on any atom is -0.493 e. The van der Waals surface area contributed by atoms with Gasteiger partial charge in [-0.3, -0.25) is 9.17 Å². The third-order valence-electron chi connectivity index (χ3n) is 5.36. The van der Waals surface area contributed by atoms with Gasteiger partial charge in [0.05, 0.1) is 11.5 Å². The largest absolute Gasteiger partial charge is 0.493 e. The van der Waals surface area contributed by atoms with E-state index in [0.717, 1.165) is 44.2 Å². The molecule has 6 heteroatoms. The maximum Gasteiger partial charge on any atom is 0.258 e. The first-order chi connectivity index (χ1) is 16.0. The third kappa shape index (κ3) is 5.72. The number of hydrogen-bond acceptors (Lipinski definition) is 5. The number of aliphatic hydroxyl groups is 1. The molecule has 1 aromatic heterocycles. The van der Waals surface area contributed by atoms with Gasteiger partial charge in [0.15, 0.2) is 0 Å². The van der Waals surface area contributed by atoms with Crippen LogP contribution in [-0.2, 0) is 6.61 Å². The predicted octanol–water partition coefficient (Wildman–Crippen LogP) is 5.73. The molecule has 3 aromatic carbocycles. The summed E-state index contributed by atoms with van der Waals surface area (Å²) in [4.78, 5) is 12.3. The number of benzene rings is 3. The normalized spacial score (nSPS) is 10.9. The summed E-state index contributed by atoms with van der Waals surface area (Å²) in [5.74, 6) is 1.61. The number of ether oxygens (including phenoxy) is 2. The van der Waals surface area contributed by atoms with Gasteiger partial charge < -0.3 is 14.6 Å². The molecule has 0 saturated heterocycles. The second kappa shape index (κ2) is 10.5. The standard InChI is InChI=1S/C27H27NO4S/c1-18-13-24(31-12-4-11-29)14-19(2)27(18)22-6-3-5-20(15-22)17-32-23-9-7-21(8-10-23)25-16-26(30)28-33-25/h3,5-10,13-16,29H,4,11-12,17H2,1-2H3,(H,28,30). The molecule has 33 heavy (non-hydrogen) atoms. The minimum atomic E-state index is -0.0791. The van der Waals surface area contributed by atoms with E-state index >= 15 is 0 Å². The van der Waals surface area contributed by atoms with Crippen LogP contribution in [-0.4, -0.2) is 22.7 Å². The molecular formula is C27H27NO4S. The zero-order chi connectivity index (χ0) is 23.2. The van der Waals surface area contributed by atoms with E-state index in [1.165, 1.54) is 17.1 Å². The van der Waals surface area contributed by atoms with Gasteiger partial charge in [-0.2, -0.15) is 0 Å². The Bertz CT molecular complexity index is 1250. The molecule has 0 unspecified atom stereocenters. The fraction of sp³-hybridized carbons (Fsp3) is 0.222. The van der Waals surface area contributed by atoms with Gasteiger partial charge >= 0.3 is 0 Å². The second-order valence-corrected chi connectivity index (χ2v) is 8.80. The molecule has 4 rings (SSSR count). The highest BCUT2D eigenvalue weighted by Gasteiger charge is 2.10. The minimum absolute atomic E-state index is 0.0791. The van der Waals surface area contributed by atoms with Gasteiger partial charge in [0.2, 0.25) is 0 Å². The molecule has 0 aliphatic rings. The lowest BCUT2D eigenvalue weighted by Gasteiger charge is -2.15. The van der Waals surface area contributed by atoms with E-state index < -0.39 is 0 Å². The highest BCUT2D eigenvalue weighted by molar-refractivity contribution is 7.09. The summed E-state index contributed by atoms with van der Waals surface area (Å²) in [6, 6.07) is 21.8. The lowest BCUT2D eigenvalue weighted by atomic mass is 9.94. The SMILES string of the molecule is Cc1cc(OCCCO)cc(C)c1-c1cccc(COc2ccc(-c3cc(=O)[nH]s3)cc2)c1. The molecule has 0 radical (unpaired) electrons. The van der Waals surface area contributed by atoms with Crippen LogP contribution in [0.3, 0.4) is 0 Å². The van der Waals surface area contributed by atoms with Crippen LogP contribution < -0.4 is 15.0 Å². The van der Waals surface area contributed by atoms with Crippen molar-refractivity contribution >= 4 is 11.5 Å². The number of aryl methyl sites for hydroxylation is 2. The fourth-order valence-corrected chi connectivity index (χ4v) is 4.53. The molecule has 2 N–H and O–H groups in total. The van der Waals surface area contributed by atoms with Crippen molar-refractivity contribution < 1.29 is 14.6 Å². The summed E-state index contributed by atoms with van der Waals surface area (Å²) in [5, 5.41) is 8.95. The quantitative estimate of drug-likeness (QED) is 0.312.